The molecule has 4 heterocycles. The van der Waals surface area contributed by atoms with Gasteiger partial charge in [-0.3, -0.25) is 9.69 Å². The van der Waals surface area contributed by atoms with E-state index in [-0.39, 0.29) is 10.8 Å². The molecule has 3 fully saturated rings. The van der Waals surface area contributed by atoms with Crippen LogP contribution in [0.5, 0.6) is 0 Å². The molecule has 1 aromatic carbocycles. The van der Waals surface area contributed by atoms with E-state index in [1.54, 1.807) is 30.3 Å². The summed E-state index contributed by atoms with van der Waals surface area (Å²) in [6.45, 7) is 6.73. The van der Waals surface area contributed by atoms with E-state index in [0.29, 0.717) is 18.9 Å². The summed E-state index contributed by atoms with van der Waals surface area (Å²) in [5.41, 5.74) is 0. The van der Waals surface area contributed by atoms with Gasteiger partial charge in [0.15, 0.2) is 0 Å². The van der Waals surface area contributed by atoms with Crippen LogP contribution in [-0.4, -0.2) is 91.8 Å². The smallest absolute Gasteiger partial charge is 0.243 e. The van der Waals surface area contributed by atoms with Gasteiger partial charge in [0.25, 0.3) is 0 Å². The van der Waals surface area contributed by atoms with Crippen molar-refractivity contribution in [2.45, 2.75) is 36.6 Å². The first kappa shape index (κ1) is 24.2. The van der Waals surface area contributed by atoms with Crippen molar-refractivity contribution >= 4 is 21.7 Å². The van der Waals surface area contributed by atoms with Crippen molar-refractivity contribution in [1.29, 1.82) is 0 Å². The molecule has 8 nitrogen and oxygen atoms in total. The molecule has 2 atom stereocenters. The minimum atomic E-state index is -3.67. The van der Waals surface area contributed by atoms with Crippen LogP contribution in [0.3, 0.4) is 0 Å². The lowest BCUT2D eigenvalue weighted by Gasteiger charge is -2.40. The second-order valence-electron chi connectivity index (χ2n) is 9.85. The summed E-state index contributed by atoms with van der Waals surface area (Å²) in [6, 6.07) is 13.9. The highest BCUT2D eigenvalue weighted by molar-refractivity contribution is 7.89. The van der Waals surface area contributed by atoms with E-state index in [1.165, 1.54) is 4.31 Å². The SMILES string of the molecule is O=C(C1CCCN1S(=O)(=O)c1ccccc1)N1CCCC(CN2CCN(c3ccccn3)CC2)C1. The molecule has 9 heteroatoms. The Bertz CT molecular complexity index is 1090. The van der Waals surface area contributed by atoms with Crippen LogP contribution < -0.4 is 4.90 Å². The fourth-order valence-corrected chi connectivity index (χ4v) is 7.36. The van der Waals surface area contributed by atoms with E-state index >= 15 is 0 Å². The fourth-order valence-electron chi connectivity index (χ4n) is 5.69. The van der Waals surface area contributed by atoms with Crippen LogP contribution in [0, 0.1) is 5.92 Å². The highest BCUT2D eigenvalue weighted by Crippen LogP contribution is 2.29. The first-order chi connectivity index (χ1) is 17.0. The molecule has 3 aliphatic heterocycles. The molecule has 2 aromatic rings. The average Bonchev–Trinajstić information content (AvgIpc) is 3.41. The third-order valence-electron chi connectivity index (χ3n) is 7.53. The number of aromatic nitrogens is 1. The average molecular weight is 498 g/mol. The van der Waals surface area contributed by atoms with Crippen LogP contribution in [0.15, 0.2) is 59.6 Å². The van der Waals surface area contributed by atoms with Crippen LogP contribution in [0.25, 0.3) is 0 Å². The number of hydrogen-bond acceptors (Lipinski definition) is 6. The summed E-state index contributed by atoms with van der Waals surface area (Å²) in [6.07, 6.45) is 5.25. The van der Waals surface area contributed by atoms with Gasteiger partial charge in [-0.1, -0.05) is 24.3 Å². The molecule has 1 aromatic heterocycles. The molecule has 0 saturated carbocycles. The zero-order chi connectivity index (χ0) is 24.3. The van der Waals surface area contributed by atoms with Gasteiger partial charge in [-0.15, -0.1) is 0 Å². The van der Waals surface area contributed by atoms with Gasteiger partial charge in [-0.05, 0) is 55.9 Å². The van der Waals surface area contributed by atoms with Crippen LogP contribution in [-0.2, 0) is 14.8 Å². The molecule has 35 heavy (non-hydrogen) atoms. The maximum absolute atomic E-state index is 13.5. The number of piperazine rings is 1. The number of carbonyl (C=O) groups is 1. The molecular formula is C26H35N5O3S. The molecule has 0 radical (unpaired) electrons. The summed E-state index contributed by atoms with van der Waals surface area (Å²) >= 11 is 0. The monoisotopic (exact) mass is 497 g/mol. The number of benzene rings is 1. The second-order valence-corrected chi connectivity index (χ2v) is 11.7. The number of hydrogen-bond donors (Lipinski definition) is 0. The van der Waals surface area contributed by atoms with Crippen LogP contribution in [0.2, 0.25) is 0 Å². The molecule has 3 saturated heterocycles. The summed E-state index contributed by atoms with van der Waals surface area (Å²) in [5, 5.41) is 0. The summed E-state index contributed by atoms with van der Waals surface area (Å²) in [4.78, 5) is 25.0. The Morgan fingerprint density at radius 1 is 0.886 bits per heavy atom. The largest absolute Gasteiger partial charge is 0.354 e. The Balaban J connectivity index is 1.17. The number of amides is 1. The van der Waals surface area contributed by atoms with Crippen molar-refractivity contribution in [2.75, 3.05) is 57.3 Å². The van der Waals surface area contributed by atoms with Gasteiger partial charge >= 0.3 is 0 Å². The molecule has 0 aliphatic carbocycles. The van der Waals surface area contributed by atoms with E-state index in [0.717, 1.165) is 70.9 Å². The van der Waals surface area contributed by atoms with Crippen LogP contribution >= 0.6 is 0 Å². The van der Waals surface area contributed by atoms with Crippen molar-refractivity contribution in [3.8, 4) is 0 Å². The van der Waals surface area contributed by atoms with Gasteiger partial charge in [-0.2, -0.15) is 4.31 Å². The summed E-state index contributed by atoms with van der Waals surface area (Å²) < 4.78 is 27.9. The number of nitrogens with zero attached hydrogens (tertiary/aromatic N) is 5. The Morgan fingerprint density at radius 3 is 2.37 bits per heavy atom. The maximum atomic E-state index is 13.5. The molecule has 188 valence electrons. The first-order valence-electron chi connectivity index (χ1n) is 12.8. The molecule has 5 rings (SSSR count). The quantitative estimate of drug-likeness (QED) is 0.610. The minimum absolute atomic E-state index is 0.0216. The zero-order valence-electron chi connectivity index (χ0n) is 20.2. The number of rotatable bonds is 6. The van der Waals surface area contributed by atoms with Crippen molar-refractivity contribution < 1.29 is 13.2 Å². The van der Waals surface area contributed by atoms with Crippen molar-refractivity contribution in [3.63, 3.8) is 0 Å². The predicted molar refractivity (Wildman–Crippen MR) is 136 cm³/mol. The highest BCUT2D eigenvalue weighted by Gasteiger charge is 2.42. The van der Waals surface area contributed by atoms with E-state index < -0.39 is 16.1 Å². The summed E-state index contributed by atoms with van der Waals surface area (Å²) in [5.74, 6) is 1.44. The van der Waals surface area contributed by atoms with Gasteiger partial charge < -0.3 is 9.80 Å². The fraction of sp³-hybridized carbons (Fsp3) is 0.538. The standard InChI is InChI=1S/C26H35N5O3S/c32-26(24-11-7-15-31(24)35(33,34)23-9-2-1-3-10-23)30-14-6-8-22(21-30)20-28-16-18-29(19-17-28)25-12-4-5-13-27-25/h1-5,9-10,12-13,22,24H,6-8,11,14-21H2. The number of piperidine rings is 1. The van der Waals surface area contributed by atoms with Gasteiger partial charge in [0.2, 0.25) is 15.9 Å². The molecular weight excluding hydrogens is 462 g/mol. The number of anilines is 1. The Kier molecular flexibility index (Phi) is 7.36. The van der Waals surface area contributed by atoms with Crippen molar-refractivity contribution in [2.24, 2.45) is 5.92 Å². The van der Waals surface area contributed by atoms with E-state index in [2.05, 4.69) is 20.9 Å². The van der Waals surface area contributed by atoms with Crippen molar-refractivity contribution in [3.05, 3.63) is 54.7 Å². The predicted octanol–water partition coefficient (Wildman–Crippen LogP) is 2.30. The Hall–Kier alpha value is -2.49. The maximum Gasteiger partial charge on any atom is 0.243 e. The lowest BCUT2D eigenvalue weighted by Crippen LogP contribution is -2.53. The first-order valence-corrected chi connectivity index (χ1v) is 14.2. The number of likely N-dealkylation sites (tertiary alicyclic amines) is 1. The number of pyridine rings is 1. The molecule has 0 bridgehead atoms. The van der Waals surface area contributed by atoms with Crippen LogP contribution in [0.1, 0.15) is 25.7 Å². The normalized spacial score (nSPS) is 24.6. The topological polar surface area (TPSA) is 77.1 Å². The lowest BCUT2D eigenvalue weighted by atomic mass is 9.96. The number of carbonyl (C=O) groups excluding carboxylic acids is 1. The highest BCUT2D eigenvalue weighted by atomic mass is 32.2. The van der Waals surface area contributed by atoms with Crippen LogP contribution in [0.4, 0.5) is 5.82 Å². The zero-order valence-corrected chi connectivity index (χ0v) is 21.0. The van der Waals surface area contributed by atoms with E-state index in [1.807, 2.05) is 23.2 Å². The molecule has 2 unspecified atom stereocenters. The third-order valence-corrected chi connectivity index (χ3v) is 9.45. The van der Waals surface area contributed by atoms with Gasteiger partial charge in [0.05, 0.1) is 4.90 Å². The third kappa shape index (κ3) is 5.37. The van der Waals surface area contributed by atoms with Gasteiger partial charge in [-0.25, -0.2) is 13.4 Å². The number of sulfonamides is 1. The van der Waals surface area contributed by atoms with Crippen molar-refractivity contribution in [1.82, 2.24) is 19.1 Å². The Labute approximate surface area is 208 Å². The lowest BCUT2D eigenvalue weighted by molar-refractivity contribution is -0.136. The van der Waals surface area contributed by atoms with E-state index in [9.17, 15) is 13.2 Å². The second kappa shape index (κ2) is 10.6. The van der Waals surface area contributed by atoms with Gasteiger partial charge in [0, 0.05) is 58.6 Å². The molecule has 3 aliphatic rings. The molecule has 0 N–H and O–H groups in total. The molecule has 1 amide bonds. The van der Waals surface area contributed by atoms with E-state index in [4.69, 9.17) is 0 Å². The van der Waals surface area contributed by atoms with Gasteiger partial charge in [0.1, 0.15) is 11.9 Å². The Morgan fingerprint density at radius 2 is 1.63 bits per heavy atom. The molecule has 0 spiro atoms. The summed E-state index contributed by atoms with van der Waals surface area (Å²) in [7, 11) is -3.67. The minimum Gasteiger partial charge on any atom is -0.354 e.